The molecule has 0 aliphatic carbocycles. The van der Waals surface area contributed by atoms with E-state index >= 15 is 0 Å². The second-order valence-corrected chi connectivity index (χ2v) is 6.15. The third-order valence-electron chi connectivity index (χ3n) is 4.19. The van der Waals surface area contributed by atoms with Crippen molar-refractivity contribution in [1.82, 2.24) is 0 Å². The van der Waals surface area contributed by atoms with E-state index in [9.17, 15) is 17.6 Å². The minimum absolute atomic E-state index is 0.0416. The molecule has 0 N–H and O–H groups in total. The maximum atomic E-state index is 13.3. The van der Waals surface area contributed by atoms with Gasteiger partial charge in [-0.05, 0) is 47.0 Å². The average molecular weight is 385 g/mol. The van der Waals surface area contributed by atoms with Gasteiger partial charge in [0.25, 0.3) is 0 Å². The maximum absolute atomic E-state index is 13.3. The van der Waals surface area contributed by atoms with Gasteiger partial charge >= 0.3 is 6.18 Å². The van der Waals surface area contributed by atoms with Gasteiger partial charge in [-0.1, -0.05) is 36.4 Å². The van der Waals surface area contributed by atoms with Crippen LogP contribution in [0.15, 0.2) is 66.7 Å². The van der Waals surface area contributed by atoms with Gasteiger partial charge in [0.2, 0.25) is 0 Å². The number of nitriles is 1. The normalized spacial score (nSPS) is 11.1. The molecule has 3 aromatic rings. The smallest absolute Gasteiger partial charge is 0.416 e. The Morgan fingerprint density at radius 3 is 2.04 bits per heavy atom. The third kappa shape index (κ3) is 4.68. The Labute approximate surface area is 159 Å². The van der Waals surface area contributed by atoms with Crippen LogP contribution in [0.25, 0.3) is 11.1 Å². The summed E-state index contributed by atoms with van der Waals surface area (Å²) in [6.45, 7) is 0.220. The molecule has 0 saturated heterocycles. The van der Waals surface area contributed by atoms with Crippen molar-refractivity contribution in [3.05, 3.63) is 89.2 Å². The monoisotopic (exact) mass is 385 g/mol. The van der Waals surface area contributed by atoms with Crippen molar-refractivity contribution < 1.29 is 22.3 Å². The first-order valence-corrected chi connectivity index (χ1v) is 8.41. The number of ether oxygens (including phenoxy) is 1. The highest BCUT2D eigenvalue weighted by molar-refractivity contribution is 5.64. The number of hydrogen-bond acceptors (Lipinski definition) is 2. The van der Waals surface area contributed by atoms with Crippen molar-refractivity contribution in [3.8, 4) is 22.9 Å². The Morgan fingerprint density at radius 1 is 0.857 bits per heavy atom. The van der Waals surface area contributed by atoms with Gasteiger partial charge in [0.05, 0.1) is 18.1 Å². The lowest BCUT2D eigenvalue weighted by molar-refractivity contribution is -0.137. The van der Waals surface area contributed by atoms with Gasteiger partial charge < -0.3 is 4.74 Å². The quantitative estimate of drug-likeness (QED) is 0.493. The summed E-state index contributed by atoms with van der Waals surface area (Å²) in [7, 11) is 0. The highest BCUT2D eigenvalue weighted by Crippen LogP contribution is 2.31. The van der Waals surface area contributed by atoms with Crippen LogP contribution in [0.1, 0.15) is 16.7 Å². The first kappa shape index (κ1) is 19.4. The molecule has 142 valence electrons. The van der Waals surface area contributed by atoms with Gasteiger partial charge in [0.1, 0.15) is 18.2 Å². The van der Waals surface area contributed by atoms with Crippen LogP contribution in [0.2, 0.25) is 0 Å². The lowest BCUT2D eigenvalue weighted by Crippen LogP contribution is -2.04. The number of hydrogen-bond donors (Lipinski definition) is 0. The van der Waals surface area contributed by atoms with Crippen LogP contribution in [0, 0.1) is 17.1 Å². The number of alkyl halides is 3. The van der Waals surface area contributed by atoms with Crippen LogP contribution < -0.4 is 4.74 Å². The first-order chi connectivity index (χ1) is 13.4. The van der Waals surface area contributed by atoms with Gasteiger partial charge in [0, 0.05) is 5.56 Å². The fourth-order valence-electron chi connectivity index (χ4n) is 2.72. The van der Waals surface area contributed by atoms with Crippen molar-refractivity contribution in [1.29, 1.82) is 5.26 Å². The van der Waals surface area contributed by atoms with Crippen LogP contribution in [0.5, 0.6) is 5.75 Å². The van der Waals surface area contributed by atoms with E-state index in [2.05, 4.69) is 0 Å². The third-order valence-corrected chi connectivity index (χ3v) is 4.19. The lowest BCUT2D eigenvalue weighted by atomic mass is 10.0. The van der Waals surface area contributed by atoms with Crippen LogP contribution in [0.3, 0.4) is 0 Å². The fraction of sp³-hybridized carbons (Fsp3) is 0.136. The molecule has 0 aromatic heterocycles. The molecule has 0 radical (unpaired) electrons. The molecule has 0 unspecified atom stereocenters. The van der Waals surface area contributed by atoms with E-state index < -0.39 is 17.6 Å². The SMILES string of the molecule is N#CCc1cc(F)ccc1OCc1ccc(-c2ccc(C(F)(F)F)cc2)cc1. The number of rotatable bonds is 5. The summed E-state index contributed by atoms with van der Waals surface area (Å²) in [5, 5.41) is 8.83. The van der Waals surface area contributed by atoms with Gasteiger partial charge in [-0.15, -0.1) is 0 Å². The predicted octanol–water partition coefficient (Wildman–Crippen LogP) is 6.16. The molecule has 0 spiro atoms. The lowest BCUT2D eigenvalue weighted by Gasteiger charge is -2.11. The molecule has 3 aromatic carbocycles. The minimum atomic E-state index is -4.36. The number of nitrogens with zero attached hydrogens (tertiary/aromatic N) is 1. The van der Waals surface area contributed by atoms with Gasteiger partial charge in [-0.25, -0.2) is 4.39 Å². The Morgan fingerprint density at radius 2 is 1.46 bits per heavy atom. The molecule has 0 amide bonds. The summed E-state index contributed by atoms with van der Waals surface area (Å²) < 4.78 is 56.9. The van der Waals surface area contributed by atoms with E-state index in [0.717, 1.165) is 23.3 Å². The molecule has 28 heavy (non-hydrogen) atoms. The number of halogens is 4. The molecule has 6 heteroatoms. The number of benzene rings is 3. The molecule has 0 saturated carbocycles. The second kappa shape index (κ2) is 8.13. The minimum Gasteiger partial charge on any atom is -0.489 e. The molecule has 0 fully saturated rings. The first-order valence-electron chi connectivity index (χ1n) is 8.41. The Kier molecular flexibility index (Phi) is 5.65. The van der Waals surface area contributed by atoms with E-state index in [0.29, 0.717) is 16.9 Å². The molecular weight excluding hydrogens is 370 g/mol. The van der Waals surface area contributed by atoms with Crippen molar-refractivity contribution in [2.75, 3.05) is 0 Å². The summed E-state index contributed by atoms with van der Waals surface area (Å²) in [4.78, 5) is 0. The average Bonchev–Trinajstić information content (AvgIpc) is 2.67. The van der Waals surface area contributed by atoms with Crippen molar-refractivity contribution >= 4 is 0 Å². The van der Waals surface area contributed by atoms with Crippen molar-refractivity contribution in [2.24, 2.45) is 0 Å². The largest absolute Gasteiger partial charge is 0.489 e. The van der Waals surface area contributed by atoms with Crippen molar-refractivity contribution in [2.45, 2.75) is 19.2 Å². The topological polar surface area (TPSA) is 33.0 Å². The summed E-state index contributed by atoms with van der Waals surface area (Å²) in [6.07, 6.45) is -4.32. The maximum Gasteiger partial charge on any atom is 0.416 e. The van der Waals surface area contributed by atoms with E-state index in [1.807, 2.05) is 6.07 Å². The summed E-state index contributed by atoms with van der Waals surface area (Å²) in [5.74, 6) is 0.00765. The summed E-state index contributed by atoms with van der Waals surface area (Å²) >= 11 is 0. The van der Waals surface area contributed by atoms with Crippen LogP contribution in [-0.2, 0) is 19.2 Å². The van der Waals surface area contributed by atoms with E-state index in [1.165, 1.54) is 30.3 Å². The second-order valence-electron chi connectivity index (χ2n) is 6.15. The molecule has 3 rings (SSSR count). The zero-order chi connectivity index (χ0) is 20.1. The van der Waals surface area contributed by atoms with E-state index in [4.69, 9.17) is 10.00 Å². The van der Waals surface area contributed by atoms with Gasteiger partial charge in [-0.3, -0.25) is 0 Å². The zero-order valence-electron chi connectivity index (χ0n) is 14.6. The molecule has 0 bridgehead atoms. The molecule has 2 nitrogen and oxygen atoms in total. The van der Waals surface area contributed by atoms with E-state index in [-0.39, 0.29) is 13.0 Å². The van der Waals surface area contributed by atoms with Gasteiger partial charge in [-0.2, -0.15) is 18.4 Å². The highest BCUT2D eigenvalue weighted by atomic mass is 19.4. The molecule has 0 atom stereocenters. The Hall–Kier alpha value is -3.33. The van der Waals surface area contributed by atoms with Crippen molar-refractivity contribution in [3.63, 3.8) is 0 Å². The fourth-order valence-corrected chi connectivity index (χ4v) is 2.72. The molecular formula is C22H15F4NO. The standard InChI is InChI=1S/C22H15F4NO/c23-20-9-10-21(18(13-20)11-12-27)28-14-15-1-3-16(4-2-15)17-5-7-19(8-6-17)22(24,25)26/h1-10,13H,11,14H2. The van der Waals surface area contributed by atoms with Crippen LogP contribution in [0.4, 0.5) is 17.6 Å². The molecule has 0 heterocycles. The summed E-state index contributed by atoms with van der Waals surface area (Å²) in [6, 6.07) is 18.2. The van der Waals surface area contributed by atoms with Crippen LogP contribution in [-0.4, -0.2) is 0 Å². The predicted molar refractivity (Wildman–Crippen MR) is 96.9 cm³/mol. The Bertz CT molecular complexity index is 987. The van der Waals surface area contributed by atoms with Gasteiger partial charge in [0.15, 0.2) is 0 Å². The van der Waals surface area contributed by atoms with E-state index in [1.54, 1.807) is 24.3 Å². The molecule has 0 aliphatic rings. The summed E-state index contributed by atoms with van der Waals surface area (Å²) in [5.41, 5.74) is 2.08. The molecule has 0 aliphatic heterocycles. The zero-order valence-corrected chi connectivity index (χ0v) is 14.6. The Balaban J connectivity index is 1.69. The highest BCUT2D eigenvalue weighted by Gasteiger charge is 2.29. The van der Waals surface area contributed by atoms with Crippen LogP contribution >= 0.6 is 0 Å².